The molecule has 3 nitrogen and oxygen atoms in total. The van der Waals surface area contributed by atoms with E-state index in [1.807, 2.05) is 0 Å². The molecule has 1 aliphatic rings. The van der Waals surface area contributed by atoms with Gasteiger partial charge in [-0.3, -0.25) is 4.90 Å². The maximum Gasteiger partial charge on any atom is 0.0630 e. The van der Waals surface area contributed by atoms with Crippen molar-refractivity contribution < 1.29 is 4.74 Å². The average Bonchev–Trinajstić information content (AvgIpc) is 2.33. The standard InChI is InChI=1S/C15H32N2O/c1-12(2)16-10-15(11-18-5)17(4)14-8-6-7-13(3)9-14/h12-16H,6-11H2,1-5H3. The number of hydrogen-bond donors (Lipinski definition) is 1. The third-order valence-corrected chi connectivity index (χ3v) is 4.18. The summed E-state index contributed by atoms with van der Waals surface area (Å²) in [6.07, 6.45) is 5.48. The smallest absolute Gasteiger partial charge is 0.0630 e. The van der Waals surface area contributed by atoms with E-state index < -0.39 is 0 Å². The number of ether oxygens (including phenoxy) is 1. The molecule has 0 saturated heterocycles. The first kappa shape index (κ1) is 15.9. The van der Waals surface area contributed by atoms with E-state index in [0.29, 0.717) is 12.1 Å². The van der Waals surface area contributed by atoms with Crippen LogP contribution in [-0.4, -0.2) is 50.3 Å². The second-order valence-electron chi connectivity index (χ2n) is 6.26. The average molecular weight is 256 g/mol. The highest BCUT2D eigenvalue weighted by Crippen LogP contribution is 2.27. The van der Waals surface area contributed by atoms with Gasteiger partial charge in [0.05, 0.1) is 6.61 Å². The van der Waals surface area contributed by atoms with Gasteiger partial charge in [-0.25, -0.2) is 0 Å². The molecule has 18 heavy (non-hydrogen) atoms. The van der Waals surface area contributed by atoms with Gasteiger partial charge in [-0.2, -0.15) is 0 Å². The number of nitrogens with zero attached hydrogens (tertiary/aromatic N) is 1. The van der Waals surface area contributed by atoms with Gasteiger partial charge in [-0.05, 0) is 25.8 Å². The van der Waals surface area contributed by atoms with Gasteiger partial charge < -0.3 is 10.1 Å². The third kappa shape index (κ3) is 5.25. The second kappa shape index (κ2) is 8.13. The van der Waals surface area contributed by atoms with Gasteiger partial charge in [0.1, 0.15) is 0 Å². The fourth-order valence-electron chi connectivity index (χ4n) is 2.95. The van der Waals surface area contributed by atoms with Crippen molar-refractivity contribution in [3.63, 3.8) is 0 Å². The molecule has 3 atom stereocenters. The fourth-order valence-corrected chi connectivity index (χ4v) is 2.95. The molecule has 0 aliphatic heterocycles. The highest BCUT2D eigenvalue weighted by atomic mass is 16.5. The maximum absolute atomic E-state index is 5.39. The van der Waals surface area contributed by atoms with E-state index in [1.54, 1.807) is 7.11 Å². The van der Waals surface area contributed by atoms with Crippen LogP contribution in [0.5, 0.6) is 0 Å². The first-order chi connectivity index (χ1) is 8.54. The van der Waals surface area contributed by atoms with E-state index in [4.69, 9.17) is 4.74 Å². The van der Waals surface area contributed by atoms with Crippen LogP contribution in [0.1, 0.15) is 46.5 Å². The second-order valence-corrected chi connectivity index (χ2v) is 6.26. The van der Waals surface area contributed by atoms with Crippen LogP contribution in [0, 0.1) is 5.92 Å². The Balaban J connectivity index is 2.48. The Kier molecular flexibility index (Phi) is 7.20. The lowest BCUT2D eigenvalue weighted by Gasteiger charge is -2.39. The van der Waals surface area contributed by atoms with E-state index >= 15 is 0 Å². The van der Waals surface area contributed by atoms with Crippen LogP contribution in [0.15, 0.2) is 0 Å². The molecule has 1 rings (SSSR count). The Morgan fingerprint density at radius 1 is 1.33 bits per heavy atom. The quantitative estimate of drug-likeness (QED) is 0.757. The van der Waals surface area contributed by atoms with Crippen LogP contribution in [0.2, 0.25) is 0 Å². The van der Waals surface area contributed by atoms with E-state index in [0.717, 1.165) is 25.1 Å². The summed E-state index contributed by atoms with van der Waals surface area (Å²) < 4.78 is 5.39. The molecule has 0 aromatic carbocycles. The summed E-state index contributed by atoms with van der Waals surface area (Å²) in [6, 6.07) is 1.78. The normalized spacial score (nSPS) is 26.8. The Morgan fingerprint density at radius 2 is 2.06 bits per heavy atom. The lowest BCUT2D eigenvalue weighted by atomic mass is 9.86. The summed E-state index contributed by atoms with van der Waals surface area (Å²) >= 11 is 0. The van der Waals surface area contributed by atoms with Crippen molar-refractivity contribution in [3.8, 4) is 0 Å². The van der Waals surface area contributed by atoms with Gasteiger partial charge in [0.2, 0.25) is 0 Å². The fraction of sp³-hybridized carbons (Fsp3) is 1.00. The molecule has 0 aromatic heterocycles. The number of nitrogens with one attached hydrogen (secondary N) is 1. The zero-order valence-corrected chi connectivity index (χ0v) is 12.9. The Labute approximate surface area is 113 Å². The van der Waals surface area contributed by atoms with Crippen molar-refractivity contribution in [2.24, 2.45) is 5.92 Å². The van der Waals surface area contributed by atoms with E-state index in [9.17, 15) is 0 Å². The molecule has 1 N–H and O–H groups in total. The van der Waals surface area contributed by atoms with Crippen LogP contribution in [0.4, 0.5) is 0 Å². The molecule has 0 heterocycles. The van der Waals surface area contributed by atoms with Gasteiger partial charge >= 0.3 is 0 Å². The molecule has 1 saturated carbocycles. The monoisotopic (exact) mass is 256 g/mol. The highest BCUT2D eigenvalue weighted by Gasteiger charge is 2.27. The van der Waals surface area contributed by atoms with Crippen molar-refractivity contribution in [2.75, 3.05) is 27.3 Å². The van der Waals surface area contributed by atoms with Crippen molar-refractivity contribution in [3.05, 3.63) is 0 Å². The minimum Gasteiger partial charge on any atom is -0.383 e. The first-order valence-corrected chi connectivity index (χ1v) is 7.48. The molecule has 3 unspecified atom stereocenters. The lowest BCUT2D eigenvalue weighted by molar-refractivity contribution is 0.0577. The minimum atomic E-state index is 0.493. The van der Waals surface area contributed by atoms with E-state index in [2.05, 4.69) is 38.0 Å². The van der Waals surface area contributed by atoms with Crippen LogP contribution >= 0.6 is 0 Å². The van der Waals surface area contributed by atoms with Crippen LogP contribution in [-0.2, 0) is 4.74 Å². The van der Waals surface area contributed by atoms with Gasteiger partial charge in [-0.15, -0.1) is 0 Å². The summed E-state index contributed by atoms with van der Waals surface area (Å²) in [5.74, 6) is 0.882. The van der Waals surface area contributed by atoms with Gasteiger partial charge in [0.15, 0.2) is 0 Å². The molecule has 3 heteroatoms. The Hall–Kier alpha value is -0.120. The molecule has 1 aliphatic carbocycles. The summed E-state index contributed by atoms with van der Waals surface area (Å²) in [6.45, 7) is 8.63. The molecule has 108 valence electrons. The molecular formula is C15H32N2O. The summed E-state index contributed by atoms with van der Waals surface area (Å²) in [5, 5.41) is 3.54. The summed E-state index contributed by atoms with van der Waals surface area (Å²) in [5.41, 5.74) is 0. The number of rotatable bonds is 7. The Morgan fingerprint density at radius 3 is 2.61 bits per heavy atom. The Bertz CT molecular complexity index is 221. The van der Waals surface area contributed by atoms with Gasteiger partial charge in [-0.1, -0.05) is 33.6 Å². The van der Waals surface area contributed by atoms with E-state index in [-0.39, 0.29) is 0 Å². The zero-order chi connectivity index (χ0) is 13.5. The van der Waals surface area contributed by atoms with E-state index in [1.165, 1.54) is 25.7 Å². The number of methoxy groups -OCH3 is 1. The van der Waals surface area contributed by atoms with Crippen molar-refractivity contribution >= 4 is 0 Å². The lowest BCUT2D eigenvalue weighted by Crippen LogP contribution is -2.50. The SMILES string of the molecule is COCC(CNC(C)C)N(C)C1CCCC(C)C1. The molecular weight excluding hydrogens is 224 g/mol. The van der Waals surface area contributed by atoms with Crippen LogP contribution in [0.25, 0.3) is 0 Å². The highest BCUT2D eigenvalue weighted by molar-refractivity contribution is 4.83. The summed E-state index contributed by atoms with van der Waals surface area (Å²) in [7, 11) is 4.08. The largest absolute Gasteiger partial charge is 0.383 e. The van der Waals surface area contributed by atoms with Crippen LogP contribution < -0.4 is 5.32 Å². The zero-order valence-electron chi connectivity index (χ0n) is 12.9. The molecule has 0 aromatic rings. The van der Waals surface area contributed by atoms with Gasteiger partial charge in [0.25, 0.3) is 0 Å². The third-order valence-electron chi connectivity index (χ3n) is 4.18. The molecule has 0 radical (unpaired) electrons. The van der Waals surface area contributed by atoms with Crippen molar-refractivity contribution in [1.82, 2.24) is 10.2 Å². The summed E-state index contributed by atoms with van der Waals surface area (Å²) in [4.78, 5) is 2.55. The van der Waals surface area contributed by atoms with Crippen molar-refractivity contribution in [1.29, 1.82) is 0 Å². The molecule has 0 spiro atoms. The first-order valence-electron chi connectivity index (χ1n) is 7.48. The predicted octanol–water partition coefficient (Wildman–Crippen LogP) is 2.51. The predicted molar refractivity (Wildman–Crippen MR) is 78.0 cm³/mol. The minimum absolute atomic E-state index is 0.493. The molecule has 1 fully saturated rings. The number of likely N-dealkylation sites (N-methyl/N-ethyl adjacent to an activating group) is 1. The maximum atomic E-state index is 5.39. The van der Waals surface area contributed by atoms with Crippen molar-refractivity contribution in [2.45, 2.75) is 64.6 Å². The molecule has 0 amide bonds. The number of hydrogen-bond acceptors (Lipinski definition) is 3. The van der Waals surface area contributed by atoms with Gasteiger partial charge in [0, 0.05) is 31.8 Å². The molecule has 0 bridgehead atoms. The van der Waals surface area contributed by atoms with Crippen LogP contribution in [0.3, 0.4) is 0 Å². The topological polar surface area (TPSA) is 24.5 Å².